The van der Waals surface area contributed by atoms with Gasteiger partial charge in [-0.1, -0.05) is 62.4 Å². The van der Waals surface area contributed by atoms with Crippen molar-refractivity contribution in [3.05, 3.63) is 66.7 Å². The highest BCUT2D eigenvalue weighted by Gasteiger charge is 2.06. The molecule has 2 aromatic rings. The Balaban J connectivity index is 1.67. The van der Waals surface area contributed by atoms with Crippen molar-refractivity contribution in [2.45, 2.75) is 58.3 Å². The molecule has 2 aromatic carbocycles. The maximum absolute atomic E-state index is 11.7. The molecule has 0 N–H and O–H groups in total. The van der Waals surface area contributed by atoms with Gasteiger partial charge in [-0.2, -0.15) is 0 Å². The summed E-state index contributed by atoms with van der Waals surface area (Å²) in [6, 6.07) is 15.6. The number of hydrogen-bond acceptors (Lipinski definition) is 3. The smallest absolute Gasteiger partial charge is 0.338 e. The Hall–Kier alpha value is -2.55. The van der Waals surface area contributed by atoms with Gasteiger partial charge in [0.1, 0.15) is 5.75 Å². The Morgan fingerprint density at radius 1 is 0.828 bits per heavy atom. The zero-order chi connectivity index (χ0) is 20.7. The van der Waals surface area contributed by atoms with E-state index in [1.54, 1.807) is 12.1 Å². The molecule has 0 aliphatic rings. The van der Waals surface area contributed by atoms with Gasteiger partial charge in [0.15, 0.2) is 0 Å². The predicted molar refractivity (Wildman–Crippen MR) is 120 cm³/mol. The van der Waals surface area contributed by atoms with Gasteiger partial charge < -0.3 is 9.47 Å². The van der Waals surface area contributed by atoms with Crippen LogP contribution in [0.25, 0.3) is 11.1 Å². The minimum atomic E-state index is -0.282. The summed E-state index contributed by atoms with van der Waals surface area (Å²) in [5.41, 5.74) is 2.74. The Morgan fingerprint density at radius 2 is 1.38 bits per heavy atom. The second kappa shape index (κ2) is 13.6. The van der Waals surface area contributed by atoms with E-state index < -0.39 is 0 Å². The Bertz CT molecular complexity index is 717. The van der Waals surface area contributed by atoms with Crippen molar-refractivity contribution >= 4 is 5.97 Å². The van der Waals surface area contributed by atoms with Gasteiger partial charge in [-0.3, -0.25) is 0 Å². The molecule has 0 aliphatic carbocycles. The molecule has 29 heavy (non-hydrogen) atoms. The summed E-state index contributed by atoms with van der Waals surface area (Å²) in [4.78, 5) is 11.7. The highest BCUT2D eigenvalue weighted by molar-refractivity contribution is 5.90. The van der Waals surface area contributed by atoms with Crippen LogP contribution in [0.5, 0.6) is 5.75 Å². The molecule has 0 saturated heterocycles. The van der Waals surface area contributed by atoms with Gasteiger partial charge in [0.25, 0.3) is 0 Å². The van der Waals surface area contributed by atoms with E-state index in [1.165, 1.54) is 38.5 Å². The number of allylic oxidation sites excluding steroid dienone is 1. The highest BCUT2D eigenvalue weighted by atomic mass is 16.5. The summed E-state index contributed by atoms with van der Waals surface area (Å²) in [6.07, 6.45) is 12.0. The molecule has 0 heterocycles. The van der Waals surface area contributed by atoms with Gasteiger partial charge in [-0.15, -0.1) is 6.58 Å². The molecule has 0 radical (unpaired) electrons. The molecule has 0 aromatic heterocycles. The van der Waals surface area contributed by atoms with Crippen LogP contribution >= 0.6 is 0 Å². The molecular weight excluding hydrogens is 360 g/mol. The normalized spacial score (nSPS) is 10.5. The summed E-state index contributed by atoms with van der Waals surface area (Å²) >= 11 is 0. The molecule has 3 heteroatoms. The third kappa shape index (κ3) is 8.55. The van der Waals surface area contributed by atoms with Crippen LogP contribution in [0.2, 0.25) is 0 Å². The van der Waals surface area contributed by atoms with Crippen molar-refractivity contribution in [1.29, 1.82) is 0 Å². The second-order valence-electron chi connectivity index (χ2n) is 7.22. The lowest BCUT2D eigenvalue weighted by Crippen LogP contribution is -2.03. The topological polar surface area (TPSA) is 35.5 Å². The average molecular weight is 395 g/mol. The molecule has 0 fully saturated rings. The van der Waals surface area contributed by atoms with Crippen LogP contribution in [-0.2, 0) is 4.74 Å². The third-order valence-corrected chi connectivity index (χ3v) is 4.90. The van der Waals surface area contributed by atoms with E-state index in [2.05, 4.69) is 18.7 Å². The molecule has 0 aliphatic heterocycles. The summed E-state index contributed by atoms with van der Waals surface area (Å²) in [6.45, 7) is 6.72. The zero-order valence-electron chi connectivity index (χ0n) is 17.7. The predicted octanol–water partition coefficient (Wildman–Crippen LogP) is 7.22. The molecule has 0 amide bonds. The third-order valence-electron chi connectivity index (χ3n) is 4.90. The van der Waals surface area contributed by atoms with Crippen LogP contribution in [0.4, 0.5) is 0 Å². The fourth-order valence-corrected chi connectivity index (χ4v) is 3.22. The van der Waals surface area contributed by atoms with E-state index in [0.29, 0.717) is 12.2 Å². The van der Waals surface area contributed by atoms with Crippen LogP contribution in [0.1, 0.15) is 68.6 Å². The van der Waals surface area contributed by atoms with E-state index in [0.717, 1.165) is 36.3 Å². The van der Waals surface area contributed by atoms with Crippen LogP contribution in [0.15, 0.2) is 61.2 Å². The number of esters is 1. The van der Waals surface area contributed by atoms with Crippen molar-refractivity contribution in [2.24, 2.45) is 0 Å². The fourth-order valence-electron chi connectivity index (χ4n) is 3.22. The van der Waals surface area contributed by atoms with Crippen LogP contribution in [0.3, 0.4) is 0 Å². The van der Waals surface area contributed by atoms with Gasteiger partial charge in [-0.05, 0) is 61.6 Å². The molecule has 2 rings (SSSR count). The minimum Gasteiger partial charge on any atom is -0.494 e. The van der Waals surface area contributed by atoms with E-state index in [1.807, 2.05) is 37.3 Å². The monoisotopic (exact) mass is 394 g/mol. The van der Waals surface area contributed by atoms with Crippen molar-refractivity contribution in [1.82, 2.24) is 0 Å². The number of carbonyl (C=O) groups excluding carboxylic acids is 1. The van der Waals surface area contributed by atoms with Crippen molar-refractivity contribution < 1.29 is 14.3 Å². The summed E-state index contributed by atoms with van der Waals surface area (Å²) in [7, 11) is 0. The van der Waals surface area contributed by atoms with E-state index in [-0.39, 0.29) is 5.97 Å². The first kappa shape index (κ1) is 22.7. The first-order valence-corrected chi connectivity index (χ1v) is 10.9. The lowest BCUT2D eigenvalue weighted by molar-refractivity contribution is 0.0526. The summed E-state index contributed by atoms with van der Waals surface area (Å²) < 4.78 is 10.9. The number of benzene rings is 2. The van der Waals surface area contributed by atoms with Crippen molar-refractivity contribution in [2.75, 3.05) is 13.2 Å². The number of carbonyl (C=O) groups is 1. The number of ether oxygens (including phenoxy) is 2. The summed E-state index contributed by atoms with van der Waals surface area (Å²) in [5.74, 6) is 0.622. The summed E-state index contributed by atoms with van der Waals surface area (Å²) in [5, 5.41) is 0. The Morgan fingerprint density at radius 3 is 1.97 bits per heavy atom. The Labute approximate surface area is 175 Å². The zero-order valence-corrected chi connectivity index (χ0v) is 17.7. The molecular formula is C26H34O3. The van der Waals surface area contributed by atoms with Gasteiger partial charge in [0, 0.05) is 0 Å². The van der Waals surface area contributed by atoms with Crippen LogP contribution in [-0.4, -0.2) is 19.2 Å². The molecule has 0 atom stereocenters. The van der Waals surface area contributed by atoms with Crippen LogP contribution < -0.4 is 4.74 Å². The van der Waals surface area contributed by atoms with E-state index in [9.17, 15) is 4.79 Å². The second-order valence-corrected chi connectivity index (χ2v) is 7.22. The number of rotatable bonds is 14. The molecule has 0 bridgehead atoms. The molecule has 0 saturated carbocycles. The van der Waals surface area contributed by atoms with E-state index in [4.69, 9.17) is 9.47 Å². The maximum atomic E-state index is 11.7. The first-order valence-electron chi connectivity index (χ1n) is 10.9. The average Bonchev–Trinajstić information content (AvgIpc) is 2.76. The standard InChI is InChI=1S/C26H34O3/c1-3-5-6-7-8-9-10-11-12-21-29-25-19-17-23(18-20-25)22-13-15-24(16-14-22)26(27)28-4-2/h3,13-20H,1,4-12,21H2,2H3. The molecule has 156 valence electrons. The van der Waals surface area contributed by atoms with Crippen molar-refractivity contribution in [3.8, 4) is 16.9 Å². The quantitative estimate of drug-likeness (QED) is 0.193. The number of hydrogen-bond donors (Lipinski definition) is 0. The largest absolute Gasteiger partial charge is 0.494 e. The van der Waals surface area contributed by atoms with Gasteiger partial charge in [-0.25, -0.2) is 4.79 Å². The SMILES string of the molecule is C=CCCCCCCCCCOc1ccc(-c2ccc(C(=O)OCC)cc2)cc1. The maximum Gasteiger partial charge on any atom is 0.338 e. The lowest BCUT2D eigenvalue weighted by atomic mass is 10.0. The number of unbranched alkanes of at least 4 members (excludes halogenated alkanes) is 7. The van der Waals surface area contributed by atoms with Gasteiger partial charge in [0.05, 0.1) is 18.8 Å². The molecule has 3 nitrogen and oxygen atoms in total. The van der Waals surface area contributed by atoms with Crippen molar-refractivity contribution in [3.63, 3.8) is 0 Å². The minimum absolute atomic E-state index is 0.282. The first-order chi connectivity index (χ1) is 14.2. The van der Waals surface area contributed by atoms with E-state index >= 15 is 0 Å². The van der Waals surface area contributed by atoms with Gasteiger partial charge in [0.2, 0.25) is 0 Å². The highest BCUT2D eigenvalue weighted by Crippen LogP contribution is 2.23. The van der Waals surface area contributed by atoms with Crippen LogP contribution in [0, 0.1) is 0 Å². The fraction of sp³-hybridized carbons (Fsp3) is 0.423. The lowest BCUT2D eigenvalue weighted by Gasteiger charge is -2.08. The molecule has 0 spiro atoms. The molecule has 0 unspecified atom stereocenters. The van der Waals surface area contributed by atoms with Gasteiger partial charge >= 0.3 is 5.97 Å². The Kier molecular flexibility index (Phi) is 10.7.